The maximum absolute atomic E-state index is 12.9. The number of hydrogen-bond acceptors (Lipinski definition) is 6. The van der Waals surface area contributed by atoms with Gasteiger partial charge in [0.2, 0.25) is 17.7 Å². The second kappa shape index (κ2) is 7.86. The Morgan fingerprint density at radius 1 is 1.10 bits per heavy atom. The quantitative estimate of drug-likeness (QED) is 0.626. The Bertz CT molecular complexity index is 1070. The smallest absolute Gasteiger partial charge is 0.240 e. The minimum Gasteiger partial charge on any atom is -0.326 e. The van der Waals surface area contributed by atoms with Gasteiger partial charge in [-0.05, 0) is 47.2 Å². The number of anilines is 1. The molecule has 2 aromatic carbocycles. The Morgan fingerprint density at radius 2 is 1.83 bits per heavy atom. The number of likely N-dealkylation sites (tertiary alicyclic amines) is 1. The molecule has 2 heterocycles. The normalized spacial score (nSPS) is 18.6. The van der Waals surface area contributed by atoms with E-state index in [-0.39, 0.29) is 37.1 Å². The summed E-state index contributed by atoms with van der Waals surface area (Å²) in [5.74, 6) is -0.804. The van der Waals surface area contributed by atoms with E-state index < -0.39 is 5.41 Å². The highest BCUT2D eigenvalue weighted by Crippen LogP contribution is 2.36. The van der Waals surface area contributed by atoms with Crippen molar-refractivity contribution in [3.05, 3.63) is 66.5 Å². The minimum absolute atomic E-state index is 0.0249. The fourth-order valence-electron chi connectivity index (χ4n) is 3.56. The van der Waals surface area contributed by atoms with Gasteiger partial charge in [0.25, 0.3) is 0 Å². The Kier molecular flexibility index (Phi) is 5.09. The Hall–Kier alpha value is -3.88. The zero-order valence-electron chi connectivity index (χ0n) is 16.4. The van der Waals surface area contributed by atoms with Crippen molar-refractivity contribution in [3.63, 3.8) is 0 Å². The summed E-state index contributed by atoms with van der Waals surface area (Å²) in [7, 11) is 0. The number of benzene rings is 2. The Balaban J connectivity index is 1.36. The number of rotatable bonds is 6. The average molecular weight is 404 g/mol. The third-order valence-electron chi connectivity index (χ3n) is 5.26. The standard InChI is InChI=1S/C21H20N6O3/c1-21(15-5-3-2-4-6-15)13-19(29)26(20(21)30)12-11-18(28)23-16-7-9-17(10-8-16)27-14-22-24-25-27/h2-10,14H,11-13H2,1H3,(H,23,28)/t21-/m0/s1. The lowest BCUT2D eigenvalue weighted by Gasteiger charge is -2.22. The molecule has 1 aliphatic heterocycles. The first-order valence-corrected chi connectivity index (χ1v) is 9.51. The van der Waals surface area contributed by atoms with Crippen molar-refractivity contribution in [3.8, 4) is 5.69 Å². The van der Waals surface area contributed by atoms with E-state index in [9.17, 15) is 14.4 Å². The van der Waals surface area contributed by atoms with Gasteiger partial charge in [-0.15, -0.1) is 5.10 Å². The lowest BCUT2D eigenvalue weighted by atomic mass is 9.81. The van der Waals surface area contributed by atoms with Crippen molar-refractivity contribution in [1.29, 1.82) is 0 Å². The van der Waals surface area contributed by atoms with E-state index in [4.69, 9.17) is 0 Å². The van der Waals surface area contributed by atoms with Gasteiger partial charge in [0, 0.05) is 25.1 Å². The van der Waals surface area contributed by atoms with Crippen LogP contribution >= 0.6 is 0 Å². The molecule has 0 radical (unpaired) electrons. The van der Waals surface area contributed by atoms with E-state index in [1.165, 1.54) is 15.9 Å². The largest absolute Gasteiger partial charge is 0.326 e. The monoisotopic (exact) mass is 404 g/mol. The highest BCUT2D eigenvalue weighted by molar-refractivity contribution is 6.09. The van der Waals surface area contributed by atoms with Crippen LogP contribution in [0.15, 0.2) is 60.9 Å². The molecule has 1 N–H and O–H groups in total. The summed E-state index contributed by atoms with van der Waals surface area (Å²) >= 11 is 0. The predicted molar refractivity (Wildman–Crippen MR) is 108 cm³/mol. The van der Waals surface area contributed by atoms with E-state index in [1.807, 2.05) is 30.3 Å². The summed E-state index contributed by atoms with van der Waals surface area (Å²) in [5.41, 5.74) is 1.27. The first kappa shape index (κ1) is 19.4. The minimum atomic E-state index is -0.888. The number of imide groups is 1. The van der Waals surface area contributed by atoms with Gasteiger partial charge in [0.15, 0.2) is 0 Å². The molecule has 0 aliphatic carbocycles. The van der Waals surface area contributed by atoms with Crippen LogP contribution in [0.25, 0.3) is 5.69 Å². The molecular weight excluding hydrogens is 384 g/mol. The Morgan fingerprint density at radius 3 is 2.50 bits per heavy atom. The van der Waals surface area contributed by atoms with Crippen LogP contribution in [-0.4, -0.2) is 49.4 Å². The van der Waals surface area contributed by atoms with E-state index >= 15 is 0 Å². The summed E-state index contributed by atoms with van der Waals surface area (Å²) in [6.07, 6.45) is 1.61. The van der Waals surface area contributed by atoms with Gasteiger partial charge < -0.3 is 5.32 Å². The van der Waals surface area contributed by atoms with Crippen molar-refractivity contribution in [1.82, 2.24) is 25.1 Å². The molecule has 3 amide bonds. The molecule has 1 saturated heterocycles. The van der Waals surface area contributed by atoms with E-state index in [1.54, 1.807) is 31.2 Å². The van der Waals surface area contributed by atoms with Gasteiger partial charge in [-0.25, -0.2) is 4.68 Å². The van der Waals surface area contributed by atoms with Crippen LogP contribution in [0.5, 0.6) is 0 Å². The third kappa shape index (κ3) is 3.69. The van der Waals surface area contributed by atoms with Gasteiger partial charge in [-0.2, -0.15) is 0 Å². The number of nitrogens with zero attached hydrogens (tertiary/aromatic N) is 5. The molecule has 152 valence electrons. The lowest BCUT2D eigenvalue weighted by molar-refractivity contribution is -0.139. The van der Waals surface area contributed by atoms with Gasteiger partial charge in [-0.3, -0.25) is 19.3 Å². The van der Waals surface area contributed by atoms with E-state index in [0.717, 1.165) is 11.3 Å². The Labute approximate surface area is 172 Å². The summed E-state index contributed by atoms with van der Waals surface area (Å²) < 4.78 is 1.50. The van der Waals surface area contributed by atoms with Crippen LogP contribution in [0.2, 0.25) is 0 Å². The number of hydrogen-bond donors (Lipinski definition) is 1. The van der Waals surface area contributed by atoms with E-state index in [2.05, 4.69) is 20.8 Å². The average Bonchev–Trinajstić information content (AvgIpc) is 3.36. The van der Waals surface area contributed by atoms with Crippen molar-refractivity contribution >= 4 is 23.4 Å². The van der Waals surface area contributed by atoms with E-state index in [0.29, 0.717) is 5.69 Å². The molecule has 1 aliphatic rings. The van der Waals surface area contributed by atoms with Crippen molar-refractivity contribution in [2.75, 3.05) is 11.9 Å². The van der Waals surface area contributed by atoms with Gasteiger partial charge in [-0.1, -0.05) is 30.3 Å². The number of amides is 3. The second-order valence-electron chi connectivity index (χ2n) is 7.32. The predicted octanol–water partition coefficient (Wildman–Crippen LogP) is 1.71. The number of tetrazole rings is 1. The number of aromatic nitrogens is 4. The maximum atomic E-state index is 12.9. The van der Waals surface area contributed by atoms with Gasteiger partial charge in [0.05, 0.1) is 11.1 Å². The molecule has 3 aromatic rings. The second-order valence-corrected chi connectivity index (χ2v) is 7.32. The molecule has 0 unspecified atom stereocenters. The zero-order valence-corrected chi connectivity index (χ0v) is 16.4. The topological polar surface area (TPSA) is 110 Å². The molecule has 1 aromatic heterocycles. The van der Waals surface area contributed by atoms with Crippen LogP contribution in [0.3, 0.4) is 0 Å². The van der Waals surface area contributed by atoms with Crippen LogP contribution in [0.1, 0.15) is 25.3 Å². The van der Waals surface area contributed by atoms with Crippen LogP contribution < -0.4 is 5.32 Å². The molecule has 9 heteroatoms. The summed E-state index contributed by atoms with van der Waals surface area (Å²) in [5, 5.41) is 13.7. The molecule has 1 atom stereocenters. The molecule has 1 fully saturated rings. The summed E-state index contributed by atoms with van der Waals surface area (Å²) in [4.78, 5) is 38.9. The number of nitrogens with one attached hydrogen (secondary N) is 1. The highest BCUT2D eigenvalue weighted by atomic mass is 16.2. The molecule has 0 saturated carbocycles. The molecule has 9 nitrogen and oxygen atoms in total. The number of carbonyl (C=O) groups is 3. The SMILES string of the molecule is C[C@@]1(c2ccccc2)CC(=O)N(CCC(=O)Nc2ccc(-n3cnnn3)cc2)C1=O. The molecule has 30 heavy (non-hydrogen) atoms. The summed E-state index contributed by atoms with van der Waals surface area (Å²) in [6.45, 7) is 1.82. The molecular formula is C21H20N6O3. The highest BCUT2D eigenvalue weighted by Gasteiger charge is 2.49. The fourth-order valence-corrected chi connectivity index (χ4v) is 3.56. The lowest BCUT2D eigenvalue weighted by Crippen LogP contribution is -2.38. The first-order chi connectivity index (χ1) is 14.5. The van der Waals surface area contributed by atoms with Crippen molar-refractivity contribution in [2.45, 2.75) is 25.2 Å². The fraction of sp³-hybridized carbons (Fsp3) is 0.238. The van der Waals surface area contributed by atoms with Crippen LogP contribution in [0.4, 0.5) is 5.69 Å². The maximum Gasteiger partial charge on any atom is 0.240 e. The first-order valence-electron chi connectivity index (χ1n) is 9.51. The molecule has 0 spiro atoms. The van der Waals surface area contributed by atoms with Crippen molar-refractivity contribution in [2.24, 2.45) is 0 Å². The molecule has 0 bridgehead atoms. The van der Waals surface area contributed by atoms with Gasteiger partial charge >= 0.3 is 0 Å². The third-order valence-corrected chi connectivity index (χ3v) is 5.26. The van der Waals surface area contributed by atoms with Gasteiger partial charge in [0.1, 0.15) is 6.33 Å². The molecule has 4 rings (SSSR count). The summed E-state index contributed by atoms with van der Waals surface area (Å²) in [6, 6.07) is 16.3. The zero-order chi connectivity index (χ0) is 21.1. The van der Waals surface area contributed by atoms with Crippen LogP contribution in [-0.2, 0) is 19.8 Å². The van der Waals surface area contributed by atoms with Crippen LogP contribution in [0, 0.1) is 0 Å². The van der Waals surface area contributed by atoms with Crippen molar-refractivity contribution < 1.29 is 14.4 Å². The number of carbonyl (C=O) groups excluding carboxylic acids is 3.